The molecular formula is C25H21N3O4. The summed E-state index contributed by atoms with van der Waals surface area (Å²) in [6, 6.07) is 20.9. The summed E-state index contributed by atoms with van der Waals surface area (Å²) in [5.74, 6) is 0.847. The Balaban J connectivity index is 1.57. The molecule has 7 nitrogen and oxygen atoms in total. The Morgan fingerprint density at radius 2 is 1.72 bits per heavy atom. The standard InChI is InChI=1S/C25H21N3O4/c1-2-31-19-13-9-16(10-14-19)22-15-27-25(32-22)21-6-4-3-5-20(21)24(30)28-18-11-7-17(8-12-18)23(26)29/h3-15H,2H2,1H3,(H2,26,29)(H,28,30). The van der Waals surface area contributed by atoms with Crippen molar-refractivity contribution in [2.24, 2.45) is 5.73 Å². The van der Waals surface area contributed by atoms with Gasteiger partial charge in [0.1, 0.15) is 5.75 Å². The molecule has 160 valence electrons. The number of nitrogens with two attached hydrogens (primary N) is 1. The molecule has 3 aromatic carbocycles. The third kappa shape index (κ3) is 4.52. The van der Waals surface area contributed by atoms with Gasteiger partial charge in [-0.25, -0.2) is 4.98 Å². The number of carbonyl (C=O) groups is 2. The Hall–Kier alpha value is -4.39. The van der Waals surface area contributed by atoms with E-state index in [2.05, 4.69) is 10.3 Å². The topological polar surface area (TPSA) is 107 Å². The SMILES string of the molecule is CCOc1ccc(-c2cnc(-c3ccccc3C(=O)Nc3ccc(C(N)=O)cc3)o2)cc1. The van der Waals surface area contributed by atoms with Gasteiger partial charge in [0.25, 0.3) is 5.91 Å². The molecule has 1 aromatic heterocycles. The first-order chi connectivity index (χ1) is 15.5. The fourth-order valence-corrected chi connectivity index (χ4v) is 3.20. The van der Waals surface area contributed by atoms with E-state index in [1.165, 1.54) is 0 Å². The summed E-state index contributed by atoms with van der Waals surface area (Å²) < 4.78 is 11.4. The fraction of sp³-hybridized carbons (Fsp3) is 0.0800. The lowest BCUT2D eigenvalue weighted by atomic mass is 10.1. The molecule has 4 aromatic rings. The number of ether oxygens (including phenoxy) is 1. The zero-order valence-corrected chi connectivity index (χ0v) is 17.4. The van der Waals surface area contributed by atoms with Crippen molar-refractivity contribution >= 4 is 17.5 Å². The number of amides is 2. The predicted octanol–water partition coefficient (Wildman–Crippen LogP) is 4.76. The van der Waals surface area contributed by atoms with Gasteiger partial charge < -0.3 is 20.2 Å². The van der Waals surface area contributed by atoms with E-state index in [1.54, 1.807) is 48.7 Å². The van der Waals surface area contributed by atoms with Crippen molar-refractivity contribution in [3.63, 3.8) is 0 Å². The molecule has 0 aliphatic heterocycles. The summed E-state index contributed by atoms with van der Waals surface area (Å²) in [5, 5.41) is 2.82. The highest BCUT2D eigenvalue weighted by Gasteiger charge is 2.17. The zero-order valence-electron chi connectivity index (χ0n) is 17.4. The molecule has 0 spiro atoms. The zero-order chi connectivity index (χ0) is 22.5. The van der Waals surface area contributed by atoms with Crippen molar-refractivity contribution in [1.29, 1.82) is 0 Å². The van der Waals surface area contributed by atoms with Crippen molar-refractivity contribution in [1.82, 2.24) is 4.98 Å². The highest BCUT2D eigenvalue weighted by Crippen LogP contribution is 2.29. The molecule has 32 heavy (non-hydrogen) atoms. The number of nitrogens with one attached hydrogen (secondary N) is 1. The van der Waals surface area contributed by atoms with Crippen molar-refractivity contribution in [3.8, 4) is 28.5 Å². The molecule has 0 aliphatic rings. The van der Waals surface area contributed by atoms with Crippen LogP contribution in [0.5, 0.6) is 5.75 Å². The minimum atomic E-state index is -0.527. The van der Waals surface area contributed by atoms with Gasteiger partial charge in [0, 0.05) is 22.4 Å². The van der Waals surface area contributed by atoms with Crippen LogP contribution in [0.4, 0.5) is 5.69 Å². The van der Waals surface area contributed by atoms with Crippen LogP contribution in [0, 0.1) is 0 Å². The molecule has 0 unspecified atom stereocenters. The number of oxazole rings is 1. The maximum atomic E-state index is 12.9. The van der Waals surface area contributed by atoms with Gasteiger partial charge in [-0.2, -0.15) is 0 Å². The molecule has 0 fully saturated rings. The van der Waals surface area contributed by atoms with E-state index >= 15 is 0 Å². The Bertz CT molecular complexity index is 1240. The third-order valence-corrected chi connectivity index (χ3v) is 4.78. The number of nitrogens with zero attached hydrogens (tertiary/aromatic N) is 1. The van der Waals surface area contributed by atoms with Gasteiger partial charge >= 0.3 is 0 Å². The Kier molecular flexibility index (Phi) is 5.98. The van der Waals surface area contributed by atoms with Crippen LogP contribution in [0.3, 0.4) is 0 Å². The minimum Gasteiger partial charge on any atom is -0.494 e. The summed E-state index contributed by atoms with van der Waals surface area (Å²) >= 11 is 0. The van der Waals surface area contributed by atoms with Gasteiger partial charge in [-0.3, -0.25) is 9.59 Å². The van der Waals surface area contributed by atoms with E-state index in [9.17, 15) is 9.59 Å². The monoisotopic (exact) mass is 427 g/mol. The molecule has 0 saturated heterocycles. The lowest BCUT2D eigenvalue weighted by Crippen LogP contribution is -2.14. The van der Waals surface area contributed by atoms with Gasteiger partial charge in [0.05, 0.1) is 18.4 Å². The summed E-state index contributed by atoms with van der Waals surface area (Å²) in [5.41, 5.74) is 7.99. The average Bonchev–Trinajstić information content (AvgIpc) is 3.30. The first-order valence-corrected chi connectivity index (χ1v) is 10.0. The average molecular weight is 427 g/mol. The number of anilines is 1. The van der Waals surface area contributed by atoms with Crippen LogP contribution in [0.1, 0.15) is 27.6 Å². The van der Waals surface area contributed by atoms with Crippen LogP contribution in [-0.4, -0.2) is 23.4 Å². The van der Waals surface area contributed by atoms with E-state index < -0.39 is 5.91 Å². The molecule has 0 atom stereocenters. The van der Waals surface area contributed by atoms with Crippen LogP contribution in [-0.2, 0) is 0 Å². The van der Waals surface area contributed by atoms with E-state index in [4.69, 9.17) is 14.9 Å². The second-order valence-electron chi connectivity index (χ2n) is 6.93. The summed E-state index contributed by atoms with van der Waals surface area (Å²) in [6.07, 6.45) is 1.63. The molecule has 4 rings (SSSR count). The molecule has 0 aliphatic carbocycles. The number of rotatable bonds is 7. The summed E-state index contributed by atoms with van der Waals surface area (Å²) in [4.78, 5) is 28.5. The number of benzene rings is 3. The third-order valence-electron chi connectivity index (χ3n) is 4.78. The molecule has 1 heterocycles. The number of hydrogen-bond acceptors (Lipinski definition) is 5. The molecule has 3 N–H and O–H groups in total. The van der Waals surface area contributed by atoms with E-state index in [1.807, 2.05) is 37.3 Å². The first kappa shape index (κ1) is 20.9. The Labute approximate surface area is 184 Å². The number of hydrogen-bond donors (Lipinski definition) is 2. The molecule has 0 radical (unpaired) electrons. The number of primary amides is 1. The highest BCUT2D eigenvalue weighted by atomic mass is 16.5. The van der Waals surface area contributed by atoms with Gasteiger partial charge in [-0.05, 0) is 67.6 Å². The summed E-state index contributed by atoms with van der Waals surface area (Å²) in [6.45, 7) is 2.53. The van der Waals surface area contributed by atoms with Crippen LogP contribution in [0.15, 0.2) is 83.4 Å². The first-order valence-electron chi connectivity index (χ1n) is 10.0. The van der Waals surface area contributed by atoms with Crippen molar-refractivity contribution in [2.45, 2.75) is 6.92 Å². The maximum absolute atomic E-state index is 12.9. The smallest absolute Gasteiger partial charge is 0.256 e. The summed E-state index contributed by atoms with van der Waals surface area (Å²) in [7, 11) is 0. The Morgan fingerprint density at radius 3 is 2.41 bits per heavy atom. The quantitative estimate of drug-likeness (QED) is 0.442. The lowest BCUT2D eigenvalue weighted by molar-refractivity contribution is 0.0998. The second kappa shape index (κ2) is 9.18. The van der Waals surface area contributed by atoms with Crippen LogP contribution in [0.2, 0.25) is 0 Å². The van der Waals surface area contributed by atoms with E-state index in [0.717, 1.165) is 11.3 Å². The van der Waals surface area contributed by atoms with Crippen molar-refractivity contribution < 1.29 is 18.7 Å². The van der Waals surface area contributed by atoms with Crippen LogP contribution < -0.4 is 15.8 Å². The predicted molar refractivity (Wildman–Crippen MR) is 121 cm³/mol. The normalized spacial score (nSPS) is 10.5. The molecular weight excluding hydrogens is 406 g/mol. The largest absolute Gasteiger partial charge is 0.494 e. The van der Waals surface area contributed by atoms with Crippen molar-refractivity contribution in [3.05, 3.63) is 90.1 Å². The second-order valence-corrected chi connectivity index (χ2v) is 6.93. The molecule has 2 amide bonds. The minimum absolute atomic E-state index is 0.326. The van der Waals surface area contributed by atoms with E-state index in [-0.39, 0.29) is 5.91 Å². The maximum Gasteiger partial charge on any atom is 0.256 e. The molecule has 7 heteroatoms. The Morgan fingerprint density at radius 1 is 1.00 bits per heavy atom. The van der Waals surface area contributed by atoms with Gasteiger partial charge in [0.2, 0.25) is 11.8 Å². The van der Waals surface area contributed by atoms with Gasteiger partial charge in [-0.15, -0.1) is 0 Å². The lowest BCUT2D eigenvalue weighted by Gasteiger charge is -2.09. The van der Waals surface area contributed by atoms with Gasteiger partial charge in [0.15, 0.2) is 5.76 Å². The van der Waals surface area contributed by atoms with Crippen LogP contribution >= 0.6 is 0 Å². The van der Waals surface area contributed by atoms with Crippen LogP contribution in [0.25, 0.3) is 22.8 Å². The number of aromatic nitrogens is 1. The fourth-order valence-electron chi connectivity index (χ4n) is 3.20. The van der Waals surface area contributed by atoms with E-state index in [0.29, 0.717) is 40.6 Å². The number of carbonyl (C=O) groups excluding carboxylic acids is 2. The van der Waals surface area contributed by atoms with Gasteiger partial charge in [-0.1, -0.05) is 12.1 Å². The highest BCUT2D eigenvalue weighted by molar-refractivity contribution is 6.08. The van der Waals surface area contributed by atoms with Crippen molar-refractivity contribution in [2.75, 3.05) is 11.9 Å². The molecule has 0 saturated carbocycles. The molecule has 0 bridgehead atoms.